The second-order valence-corrected chi connectivity index (χ2v) is 6.51. The van der Waals surface area contributed by atoms with Crippen LogP contribution in [0.5, 0.6) is 0 Å². The lowest BCUT2D eigenvalue weighted by Crippen LogP contribution is -2.39. The molecule has 8 nitrogen and oxygen atoms in total. The summed E-state index contributed by atoms with van der Waals surface area (Å²) in [5.41, 5.74) is 0.413. The summed E-state index contributed by atoms with van der Waals surface area (Å²) in [6.07, 6.45) is 3.49. The number of carbonyl (C=O) groups is 1. The molecule has 1 atom stereocenters. The van der Waals surface area contributed by atoms with Crippen molar-refractivity contribution in [2.75, 3.05) is 44.6 Å². The van der Waals surface area contributed by atoms with Crippen molar-refractivity contribution in [2.45, 2.75) is 25.4 Å². The van der Waals surface area contributed by atoms with E-state index in [1.165, 1.54) is 12.1 Å². The summed E-state index contributed by atoms with van der Waals surface area (Å²) in [6.45, 7) is 4.90. The molecule has 1 unspecified atom stereocenters. The summed E-state index contributed by atoms with van der Waals surface area (Å²) in [5, 5.41) is 13.6. The molecule has 2 heterocycles. The normalized spacial score (nSPS) is 21.8. The molecule has 0 aliphatic carbocycles. The summed E-state index contributed by atoms with van der Waals surface area (Å²) in [6, 6.07) is 5.80. The third-order valence-corrected chi connectivity index (χ3v) is 4.67. The van der Waals surface area contributed by atoms with Gasteiger partial charge in [-0.2, -0.15) is 0 Å². The van der Waals surface area contributed by atoms with Crippen LogP contribution in [0.2, 0.25) is 0 Å². The molecule has 2 saturated heterocycles. The molecule has 136 valence electrons. The lowest BCUT2D eigenvalue weighted by Gasteiger charge is -2.24. The van der Waals surface area contributed by atoms with E-state index >= 15 is 0 Å². The van der Waals surface area contributed by atoms with Crippen LogP contribution in [0, 0.1) is 10.1 Å². The van der Waals surface area contributed by atoms with Crippen molar-refractivity contribution in [1.82, 2.24) is 9.80 Å². The Morgan fingerprint density at radius 1 is 1.28 bits per heavy atom. The van der Waals surface area contributed by atoms with Gasteiger partial charge in [0.15, 0.2) is 0 Å². The number of urea groups is 1. The maximum atomic E-state index is 12.5. The molecule has 2 amide bonds. The van der Waals surface area contributed by atoms with Crippen molar-refractivity contribution in [3.05, 3.63) is 34.4 Å². The Labute approximate surface area is 146 Å². The smallest absolute Gasteiger partial charge is 0.321 e. The molecule has 3 rings (SSSR count). The second-order valence-electron chi connectivity index (χ2n) is 6.51. The zero-order chi connectivity index (χ0) is 17.6. The number of nitrogens with one attached hydrogen (secondary N) is 1. The molecule has 1 aromatic rings. The average Bonchev–Trinajstić information content (AvgIpc) is 2.99. The molecule has 8 heteroatoms. The Bertz CT molecular complexity index is 618. The molecule has 0 spiro atoms. The zero-order valence-electron chi connectivity index (χ0n) is 14.2. The van der Waals surface area contributed by atoms with Crippen molar-refractivity contribution in [1.29, 1.82) is 0 Å². The van der Waals surface area contributed by atoms with Crippen molar-refractivity contribution >= 4 is 17.4 Å². The maximum Gasteiger partial charge on any atom is 0.321 e. The molecule has 0 saturated carbocycles. The van der Waals surface area contributed by atoms with E-state index in [9.17, 15) is 14.9 Å². The average molecular weight is 348 g/mol. The fraction of sp³-hybridized carbons (Fsp3) is 0.588. The first-order valence-corrected chi connectivity index (χ1v) is 8.76. The van der Waals surface area contributed by atoms with Crippen LogP contribution in [-0.2, 0) is 4.74 Å². The highest BCUT2D eigenvalue weighted by atomic mass is 16.6. The Balaban J connectivity index is 1.52. The van der Waals surface area contributed by atoms with Crippen molar-refractivity contribution in [2.24, 2.45) is 0 Å². The molecule has 2 aliphatic rings. The summed E-state index contributed by atoms with van der Waals surface area (Å²) in [4.78, 5) is 26.9. The number of rotatable bonds is 4. The molecular formula is C17H24N4O4. The van der Waals surface area contributed by atoms with Crippen molar-refractivity contribution < 1.29 is 14.5 Å². The number of hydrogen-bond acceptors (Lipinski definition) is 5. The predicted octanol–water partition coefficient (Wildman–Crippen LogP) is 2.31. The number of hydrogen-bond donors (Lipinski definition) is 1. The Morgan fingerprint density at radius 2 is 2.16 bits per heavy atom. The minimum absolute atomic E-state index is 0.0311. The van der Waals surface area contributed by atoms with Crippen LogP contribution in [0.25, 0.3) is 0 Å². The van der Waals surface area contributed by atoms with Crippen LogP contribution >= 0.6 is 0 Å². The molecule has 2 fully saturated rings. The van der Waals surface area contributed by atoms with E-state index in [1.807, 2.05) is 0 Å². The molecule has 0 aromatic heterocycles. The van der Waals surface area contributed by atoms with Gasteiger partial charge in [0.2, 0.25) is 0 Å². The van der Waals surface area contributed by atoms with Crippen molar-refractivity contribution in [3.63, 3.8) is 0 Å². The van der Waals surface area contributed by atoms with Gasteiger partial charge >= 0.3 is 6.03 Å². The number of ether oxygens (including phenoxy) is 1. The van der Waals surface area contributed by atoms with E-state index in [0.717, 1.165) is 45.5 Å². The van der Waals surface area contributed by atoms with Gasteiger partial charge in [0, 0.05) is 50.6 Å². The summed E-state index contributed by atoms with van der Waals surface area (Å²) in [7, 11) is 0. The first-order valence-electron chi connectivity index (χ1n) is 8.76. The largest absolute Gasteiger partial charge is 0.377 e. The number of non-ortho nitro benzene ring substituents is 1. The van der Waals surface area contributed by atoms with Crippen LogP contribution < -0.4 is 5.32 Å². The van der Waals surface area contributed by atoms with E-state index in [0.29, 0.717) is 24.9 Å². The molecule has 1 aromatic carbocycles. The highest BCUT2D eigenvalue weighted by Crippen LogP contribution is 2.18. The Hall–Kier alpha value is -2.19. The van der Waals surface area contributed by atoms with E-state index in [-0.39, 0.29) is 11.7 Å². The number of nitro groups is 1. The van der Waals surface area contributed by atoms with Gasteiger partial charge in [0.25, 0.3) is 5.69 Å². The standard InChI is InChI=1S/C17H24N4O4/c22-17(18-14-4-1-5-15(12-14)21(23)24)20-8-3-7-19(9-10-20)13-16-6-2-11-25-16/h1,4-5,12,16H,2-3,6-11,13H2,(H,18,22). The van der Waals surface area contributed by atoms with Crippen LogP contribution in [0.3, 0.4) is 0 Å². The van der Waals surface area contributed by atoms with E-state index in [1.54, 1.807) is 17.0 Å². The summed E-state index contributed by atoms with van der Waals surface area (Å²) in [5.74, 6) is 0. The molecule has 2 aliphatic heterocycles. The molecular weight excluding hydrogens is 324 g/mol. The van der Waals surface area contributed by atoms with Gasteiger partial charge in [-0.05, 0) is 31.9 Å². The fourth-order valence-electron chi connectivity index (χ4n) is 3.33. The number of amides is 2. The zero-order valence-corrected chi connectivity index (χ0v) is 14.2. The number of benzene rings is 1. The number of nitrogens with zero attached hydrogens (tertiary/aromatic N) is 3. The molecule has 0 bridgehead atoms. The lowest BCUT2D eigenvalue weighted by molar-refractivity contribution is -0.384. The summed E-state index contributed by atoms with van der Waals surface area (Å²) >= 11 is 0. The first-order chi connectivity index (χ1) is 12.1. The Morgan fingerprint density at radius 3 is 2.92 bits per heavy atom. The number of nitro benzene ring substituents is 1. The van der Waals surface area contributed by atoms with Gasteiger partial charge in [-0.25, -0.2) is 4.79 Å². The second kappa shape index (κ2) is 8.26. The highest BCUT2D eigenvalue weighted by Gasteiger charge is 2.23. The minimum atomic E-state index is -0.468. The van der Waals surface area contributed by atoms with E-state index in [4.69, 9.17) is 4.74 Å². The number of carbonyl (C=O) groups excluding carboxylic acids is 1. The molecule has 0 radical (unpaired) electrons. The van der Waals surface area contributed by atoms with Crippen LogP contribution in [-0.4, -0.2) is 66.2 Å². The monoisotopic (exact) mass is 348 g/mol. The fourth-order valence-corrected chi connectivity index (χ4v) is 3.33. The van der Waals surface area contributed by atoms with E-state index in [2.05, 4.69) is 10.2 Å². The third kappa shape index (κ3) is 4.90. The van der Waals surface area contributed by atoms with Gasteiger partial charge in [0.1, 0.15) is 0 Å². The van der Waals surface area contributed by atoms with Crippen LogP contribution in [0.1, 0.15) is 19.3 Å². The van der Waals surface area contributed by atoms with E-state index < -0.39 is 4.92 Å². The molecule has 25 heavy (non-hydrogen) atoms. The van der Waals surface area contributed by atoms with Gasteiger partial charge in [-0.3, -0.25) is 15.0 Å². The van der Waals surface area contributed by atoms with Crippen molar-refractivity contribution in [3.8, 4) is 0 Å². The van der Waals surface area contributed by atoms with Gasteiger partial charge < -0.3 is 15.0 Å². The van der Waals surface area contributed by atoms with Crippen LogP contribution in [0.4, 0.5) is 16.2 Å². The van der Waals surface area contributed by atoms with Crippen LogP contribution in [0.15, 0.2) is 24.3 Å². The lowest BCUT2D eigenvalue weighted by atomic mass is 10.2. The van der Waals surface area contributed by atoms with Gasteiger partial charge in [0.05, 0.1) is 11.0 Å². The quantitative estimate of drug-likeness (QED) is 0.666. The van der Waals surface area contributed by atoms with Gasteiger partial charge in [-0.15, -0.1) is 0 Å². The molecule has 1 N–H and O–H groups in total. The first kappa shape index (κ1) is 17.6. The van der Waals surface area contributed by atoms with Gasteiger partial charge in [-0.1, -0.05) is 6.07 Å². The number of anilines is 1. The SMILES string of the molecule is O=C(Nc1cccc([N+](=O)[O-])c1)N1CCCN(CC2CCCO2)CC1. The maximum absolute atomic E-state index is 12.5. The highest BCUT2D eigenvalue weighted by molar-refractivity contribution is 5.89. The predicted molar refractivity (Wildman–Crippen MR) is 93.7 cm³/mol. The Kier molecular flexibility index (Phi) is 5.83. The minimum Gasteiger partial charge on any atom is -0.377 e. The third-order valence-electron chi connectivity index (χ3n) is 4.67. The summed E-state index contributed by atoms with van der Waals surface area (Å²) < 4.78 is 5.69. The topological polar surface area (TPSA) is 87.9 Å².